The van der Waals surface area contributed by atoms with Crippen LogP contribution >= 0.6 is 0 Å². The van der Waals surface area contributed by atoms with Crippen molar-refractivity contribution in [1.82, 2.24) is 10.7 Å². The fraction of sp³-hybridized carbons (Fsp3) is 0. The second-order valence-corrected chi connectivity index (χ2v) is 4.55. The number of nitrogens with zero attached hydrogens (tertiary/aromatic N) is 1. The van der Waals surface area contributed by atoms with Gasteiger partial charge in [-0.15, -0.1) is 0 Å². The number of halogens is 1. The molecule has 0 spiro atoms. The van der Waals surface area contributed by atoms with Crippen LogP contribution in [0, 0.1) is 5.82 Å². The molecule has 1 heterocycles. The molecule has 0 saturated heterocycles. The van der Waals surface area contributed by atoms with Crippen LogP contribution in [0.4, 0.5) is 4.39 Å². The fourth-order valence-corrected chi connectivity index (χ4v) is 2.10. The molecule has 0 unspecified atom stereocenters. The Morgan fingerprint density at radius 2 is 1.86 bits per heavy atom. The third kappa shape index (κ3) is 2.42. The number of rotatable bonds is 3. The van der Waals surface area contributed by atoms with Gasteiger partial charge >= 0.3 is 0 Å². The summed E-state index contributed by atoms with van der Waals surface area (Å²) in [6, 6.07) is 12.1. The predicted molar refractivity (Wildman–Crippen MR) is 77.3 cm³/mol. The number of amides is 1. The number of carbonyl (C=O) groups excluding carboxylic acids is 1. The van der Waals surface area contributed by atoms with Gasteiger partial charge < -0.3 is 9.84 Å². The maximum Gasteiger partial charge on any atom is 0.292 e. The first-order valence-electron chi connectivity index (χ1n) is 6.37. The summed E-state index contributed by atoms with van der Waals surface area (Å²) in [5, 5.41) is 10.8. The summed E-state index contributed by atoms with van der Waals surface area (Å²) in [5.74, 6) is -1.76. The molecule has 2 aromatic carbocycles. The molecule has 1 amide bonds. The molecule has 109 valence electrons. The van der Waals surface area contributed by atoms with Crippen molar-refractivity contribution < 1.29 is 19.0 Å². The molecular weight excluding hydrogens is 287 g/mol. The van der Waals surface area contributed by atoms with Crippen molar-refractivity contribution in [2.75, 3.05) is 0 Å². The lowest BCUT2D eigenvalue weighted by Crippen LogP contribution is -2.05. The molecule has 0 aliphatic rings. The van der Waals surface area contributed by atoms with Crippen molar-refractivity contribution >= 4 is 16.7 Å². The number of hydrogen-bond donors (Lipinski definition) is 1. The Bertz CT molecular complexity index is 880. The molecule has 0 saturated carbocycles. The second-order valence-electron chi connectivity index (χ2n) is 4.55. The molecule has 1 radical (unpaired) electrons. The van der Waals surface area contributed by atoms with Gasteiger partial charge in [0.2, 0.25) is 5.88 Å². The van der Waals surface area contributed by atoms with Crippen LogP contribution in [0.25, 0.3) is 10.8 Å². The number of nitrogens with one attached hydrogen (secondary N) is 1. The summed E-state index contributed by atoms with van der Waals surface area (Å²) >= 11 is 0. The van der Waals surface area contributed by atoms with E-state index in [2.05, 4.69) is 4.98 Å². The number of aromatic nitrogens is 1. The minimum absolute atomic E-state index is 0.0228. The van der Waals surface area contributed by atoms with Gasteiger partial charge in [0.15, 0.2) is 11.4 Å². The summed E-state index contributed by atoms with van der Waals surface area (Å²) in [6.07, 6.45) is 0. The number of carbonyl (C=O) groups is 1. The largest absolute Gasteiger partial charge is 0.505 e. The minimum Gasteiger partial charge on any atom is -0.505 e. The minimum atomic E-state index is -1.13. The third-order valence-corrected chi connectivity index (χ3v) is 3.08. The zero-order valence-electron chi connectivity index (χ0n) is 11.2. The molecule has 2 N–H and O–H groups in total. The molecule has 6 heteroatoms. The van der Waals surface area contributed by atoms with Crippen LogP contribution in [0.1, 0.15) is 10.5 Å². The number of ether oxygens (including phenoxy) is 1. The van der Waals surface area contributed by atoms with Crippen LogP contribution < -0.4 is 10.5 Å². The number of fused-ring (bicyclic) bond motifs is 1. The molecule has 22 heavy (non-hydrogen) atoms. The summed E-state index contributed by atoms with van der Waals surface area (Å²) in [5.41, 5.74) is 6.76. The average Bonchev–Trinajstić information content (AvgIpc) is 2.50. The van der Waals surface area contributed by atoms with Crippen LogP contribution in [-0.4, -0.2) is 16.0 Å². The zero-order chi connectivity index (χ0) is 15.7. The van der Waals surface area contributed by atoms with E-state index in [9.17, 15) is 14.3 Å². The highest BCUT2D eigenvalue weighted by atomic mass is 19.1. The highest BCUT2D eigenvalue weighted by molar-refractivity contribution is 6.02. The Morgan fingerprint density at radius 1 is 1.14 bits per heavy atom. The molecule has 0 atom stereocenters. The van der Waals surface area contributed by atoms with Crippen molar-refractivity contribution in [3.63, 3.8) is 0 Å². The Morgan fingerprint density at radius 3 is 2.55 bits per heavy atom. The molecule has 5 nitrogen and oxygen atoms in total. The monoisotopic (exact) mass is 297 g/mol. The molecule has 3 rings (SSSR count). The Balaban J connectivity index is 2.20. The van der Waals surface area contributed by atoms with E-state index in [0.717, 1.165) is 0 Å². The van der Waals surface area contributed by atoms with E-state index in [-0.39, 0.29) is 17.4 Å². The summed E-state index contributed by atoms with van der Waals surface area (Å²) < 4.78 is 18.8. The van der Waals surface area contributed by atoms with Crippen LogP contribution in [-0.2, 0) is 0 Å². The van der Waals surface area contributed by atoms with E-state index in [1.54, 1.807) is 24.3 Å². The van der Waals surface area contributed by atoms with Gasteiger partial charge in [-0.1, -0.05) is 24.3 Å². The van der Waals surface area contributed by atoms with Gasteiger partial charge in [0, 0.05) is 16.8 Å². The normalized spacial score (nSPS) is 10.6. The molecule has 0 aliphatic heterocycles. The van der Waals surface area contributed by atoms with E-state index in [1.165, 1.54) is 24.3 Å². The van der Waals surface area contributed by atoms with Gasteiger partial charge in [-0.05, 0) is 18.2 Å². The van der Waals surface area contributed by atoms with Gasteiger partial charge in [-0.3, -0.25) is 10.5 Å². The zero-order valence-corrected chi connectivity index (χ0v) is 11.2. The number of pyridine rings is 1. The van der Waals surface area contributed by atoms with Gasteiger partial charge in [0.25, 0.3) is 5.91 Å². The number of aromatic hydroxyl groups is 1. The summed E-state index contributed by atoms with van der Waals surface area (Å²) in [7, 11) is 0. The van der Waals surface area contributed by atoms with Gasteiger partial charge in [-0.2, -0.15) is 0 Å². The Labute approximate surface area is 124 Å². The Kier molecular flexibility index (Phi) is 3.34. The molecule has 0 fully saturated rings. The van der Waals surface area contributed by atoms with Crippen molar-refractivity contribution in [2.24, 2.45) is 0 Å². The van der Waals surface area contributed by atoms with Gasteiger partial charge in [-0.25, -0.2) is 9.37 Å². The molecular formula is C16H10FN2O3. The van der Waals surface area contributed by atoms with E-state index >= 15 is 0 Å². The standard InChI is InChI=1S/C16H10FN2O3/c17-9-4-3-5-10(8-9)22-16-12-7-2-1-6-11(12)14(20)13(19-16)15(18)21/h1-8,18,20H. The quantitative estimate of drug-likeness (QED) is 0.804. The van der Waals surface area contributed by atoms with Crippen LogP contribution in [0.2, 0.25) is 0 Å². The van der Waals surface area contributed by atoms with Crippen LogP contribution in [0.15, 0.2) is 48.5 Å². The van der Waals surface area contributed by atoms with Crippen molar-refractivity contribution in [2.45, 2.75) is 0 Å². The number of benzene rings is 2. The van der Waals surface area contributed by atoms with Gasteiger partial charge in [0.1, 0.15) is 11.6 Å². The highest BCUT2D eigenvalue weighted by Gasteiger charge is 2.18. The fourth-order valence-electron chi connectivity index (χ4n) is 2.10. The Hall–Kier alpha value is -3.15. The van der Waals surface area contributed by atoms with Crippen molar-refractivity contribution in [1.29, 1.82) is 0 Å². The predicted octanol–water partition coefficient (Wildman–Crippen LogP) is 3.29. The lowest BCUT2D eigenvalue weighted by atomic mass is 10.1. The van der Waals surface area contributed by atoms with Crippen LogP contribution in [0.5, 0.6) is 17.4 Å². The molecule has 0 bridgehead atoms. The maximum absolute atomic E-state index is 13.2. The first-order chi connectivity index (χ1) is 10.6. The van der Waals surface area contributed by atoms with E-state index in [1.807, 2.05) is 0 Å². The van der Waals surface area contributed by atoms with E-state index in [0.29, 0.717) is 10.8 Å². The smallest absolute Gasteiger partial charge is 0.292 e. The highest BCUT2D eigenvalue weighted by Crippen LogP contribution is 2.35. The molecule has 3 aromatic rings. The topological polar surface area (TPSA) is 83.2 Å². The number of hydrogen-bond acceptors (Lipinski definition) is 4. The first-order valence-corrected chi connectivity index (χ1v) is 6.37. The molecule has 1 aromatic heterocycles. The van der Waals surface area contributed by atoms with E-state index < -0.39 is 17.4 Å². The third-order valence-electron chi connectivity index (χ3n) is 3.08. The maximum atomic E-state index is 13.2. The summed E-state index contributed by atoms with van der Waals surface area (Å²) in [6.45, 7) is 0. The molecule has 0 aliphatic carbocycles. The van der Waals surface area contributed by atoms with Crippen LogP contribution in [0.3, 0.4) is 0 Å². The lowest BCUT2D eigenvalue weighted by molar-refractivity contribution is 0.0984. The lowest BCUT2D eigenvalue weighted by Gasteiger charge is -2.11. The first kappa shape index (κ1) is 13.8. The van der Waals surface area contributed by atoms with Crippen molar-refractivity contribution in [3.05, 3.63) is 60.0 Å². The van der Waals surface area contributed by atoms with Gasteiger partial charge in [0.05, 0.1) is 0 Å². The van der Waals surface area contributed by atoms with Crippen molar-refractivity contribution in [3.8, 4) is 17.4 Å². The second kappa shape index (κ2) is 5.33. The SMILES string of the molecule is [NH]C(=O)c1nc(Oc2cccc(F)c2)c2ccccc2c1O. The summed E-state index contributed by atoms with van der Waals surface area (Å²) in [4.78, 5) is 15.2. The average molecular weight is 297 g/mol. The van der Waals surface area contributed by atoms with E-state index in [4.69, 9.17) is 10.5 Å².